The molecule has 0 aliphatic rings. The lowest BCUT2D eigenvalue weighted by molar-refractivity contribution is -0.121. The highest BCUT2D eigenvalue weighted by Gasteiger charge is 2.16. The van der Waals surface area contributed by atoms with Gasteiger partial charge in [-0.25, -0.2) is 0 Å². The average molecular weight is 345 g/mol. The van der Waals surface area contributed by atoms with Gasteiger partial charge in [0.15, 0.2) is 0 Å². The number of hydrogen-bond acceptors (Lipinski definition) is 4. The van der Waals surface area contributed by atoms with E-state index >= 15 is 0 Å². The standard InChI is InChI=1S/C19H23NO3S/c1-22-17-11-7-6-10-16(17)18(23-2)14-20-19(21)12-13-24-15-8-4-3-5-9-15/h3-11,18H,12-14H2,1-2H3,(H,20,21)/t18-/m1/s1. The van der Waals surface area contributed by atoms with Crippen LogP contribution in [-0.4, -0.2) is 32.4 Å². The highest BCUT2D eigenvalue weighted by Crippen LogP contribution is 2.26. The van der Waals surface area contributed by atoms with Crippen molar-refractivity contribution in [2.24, 2.45) is 0 Å². The van der Waals surface area contributed by atoms with E-state index in [-0.39, 0.29) is 12.0 Å². The molecule has 0 aliphatic heterocycles. The summed E-state index contributed by atoms with van der Waals surface area (Å²) < 4.78 is 10.9. The van der Waals surface area contributed by atoms with E-state index in [1.165, 1.54) is 4.90 Å². The molecule has 2 aromatic carbocycles. The first-order valence-corrected chi connectivity index (χ1v) is 8.83. The number of amides is 1. The van der Waals surface area contributed by atoms with E-state index in [1.807, 2.05) is 54.6 Å². The van der Waals surface area contributed by atoms with Gasteiger partial charge in [0, 0.05) is 36.3 Å². The van der Waals surface area contributed by atoms with Crippen LogP contribution in [-0.2, 0) is 9.53 Å². The second kappa shape index (κ2) is 10.0. The fourth-order valence-electron chi connectivity index (χ4n) is 2.33. The molecular weight excluding hydrogens is 322 g/mol. The molecule has 1 amide bonds. The molecule has 0 spiro atoms. The number of para-hydroxylation sites is 1. The lowest BCUT2D eigenvalue weighted by Crippen LogP contribution is -2.29. The number of carbonyl (C=O) groups is 1. The molecule has 4 nitrogen and oxygen atoms in total. The predicted octanol–water partition coefficient (Wildman–Crippen LogP) is 3.68. The number of methoxy groups -OCH3 is 2. The van der Waals surface area contributed by atoms with Gasteiger partial charge in [0.25, 0.3) is 0 Å². The summed E-state index contributed by atoms with van der Waals surface area (Å²) in [6.07, 6.45) is 0.244. The molecule has 0 radical (unpaired) electrons. The van der Waals surface area contributed by atoms with Crippen LogP contribution in [0.15, 0.2) is 59.5 Å². The Kier molecular flexibility index (Phi) is 7.65. The number of benzene rings is 2. The number of rotatable bonds is 9. The Bertz CT molecular complexity index is 634. The minimum atomic E-state index is -0.230. The van der Waals surface area contributed by atoms with E-state index in [2.05, 4.69) is 5.32 Å². The molecule has 2 rings (SSSR count). The van der Waals surface area contributed by atoms with E-state index in [1.54, 1.807) is 26.0 Å². The second-order valence-corrected chi connectivity index (χ2v) is 6.35. The molecule has 5 heteroatoms. The molecule has 0 saturated heterocycles. The predicted molar refractivity (Wildman–Crippen MR) is 97.5 cm³/mol. The average Bonchev–Trinajstić information content (AvgIpc) is 2.63. The van der Waals surface area contributed by atoms with E-state index in [0.717, 1.165) is 17.1 Å². The zero-order valence-electron chi connectivity index (χ0n) is 14.0. The summed E-state index contributed by atoms with van der Waals surface area (Å²) in [4.78, 5) is 13.2. The van der Waals surface area contributed by atoms with Crippen molar-refractivity contribution < 1.29 is 14.3 Å². The normalized spacial score (nSPS) is 11.8. The molecule has 0 saturated carbocycles. The van der Waals surface area contributed by atoms with Crippen LogP contribution in [0.2, 0.25) is 0 Å². The van der Waals surface area contributed by atoms with E-state index in [9.17, 15) is 4.79 Å². The van der Waals surface area contributed by atoms with E-state index in [4.69, 9.17) is 9.47 Å². The first-order chi connectivity index (χ1) is 11.7. The first kappa shape index (κ1) is 18.4. The van der Waals surface area contributed by atoms with Gasteiger partial charge < -0.3 is 14.8 Å². The first-order valence-electron chi connectivity index (χ1n) is 7.85. The zero-order valence-corrected chi connectivity index (χ0v) is 14.8. The Morgan fingerprint density at radius 3 is 2.50 bits per heavy atom. The summed E-state index contributed by atoms with van der Waals surface area (Å²) in [5.41, 5.74) is 0.932. The highest BCUT2D eigenvalue weighted by molar-refractivity contribution is 7.99. The van der Waals surface area contributed by atoms with Gasteiger partial charge in [0.05, 0.1) is 7.11 Å². The van der Waals surface area contributed by atoms with Gasteiger partial charge in [-0.15, -0.1) is 11.8 Å². The second-order valence-electron chi connectivity index (χ2n) is 5.18. The van der Waals surface area contributed by atoms with Crippen LogP contribution in [0, 0.1) is 0 Å². The third-order valence-corrected chi connectivity index (χ3v) is 4.61. The Labute approximate surface area is 147 Å². The summed E-state index contributed by atoms with van der Waals surface area (Å²) in [6.45, 7) is 0.422. The molecule has 0 aliphatic carbocycles. The van der Waals surface area contributed by atoms with Crippen molar-refractivity contribution in [3.8, 4) is 5.75 Å². The number of carbonyl (C=O) groups excluding carboxylic acids is 1. The van der Waals surface area contributed by atoms with Gasteiger partial charge in [-0.3, -0.25) is 4.79 Å². The van der Waals surface area contributed by atoms with Crippen molar-refractivity contribution in [3.63, 3.8) is 0 Å². The van der Waals surface area contributed by atoms with Crippen LogP contribution in [0.5, 0.6) is 5.75 Å². The molecule has 1 atom stereocenters. The number of nitrogens with one attached hydrogen (secondary N) is 1. The Morgan fingerprint density at radius 1 is 1.08 bits per heavy atom. The van der Waals surface area contributed by atoms with Gasteiger partial charge in [0.1, 0.15) is 11.9 Å². The van der Waals surface area contributed by atoms with Crippen molar-refractivity contribution in [2.45, 2.75) is 17.4 Å². The molecule has 0 aromatic heterocycles. The molecule has 0 fully saturated rings. The number of thioether (sulfide) groups is 1. The van der Waals surface area contributed by atoms with Crippen molar-refractivity contribution in [3.05, 3.63) is 60.2 Å². The van der Waals surface area contributed by atoms with Crippen molar-refractivity contribution in [1.82, 2.24) is 5.32 Å². The van der Waals surface area contributed by atoms with Gasteiger partial charge in [-0.05, 0) is 18.2 Å². The molecular formula is C19H23NO3S. The number of hydrogen-bond donors (Lipinski definition) is 1. The molecule has 2 aromatic rings. The Hall–Kier alpha value is -1.98. The molecule has 0 unspecified atom stereocenters. The lowest BCUT2D eigenvalue weighted by atomic mass is 10.1. The SMILES string of the molecule is COc1ccccc1[C@@H](CNC(=O)CCSc1ccccc1)OC. The fourth-order valence-corrected chi connectivity index (χ4v) is 3.20. The maximum absolute atomic E-state index is 12.0. The zero-order chi connectivity index (χ0) is 17.2. The molecule has 1 N–H and O–H groups in total. The Morgan fingerprint density at radius 2 is 1.79 bits per heavy atom. The highest BCUT2D eigenvalue weighted by atomic mass is 32.2. The van der Waals surface area contributed by atoms with Gasteiger partial charge >= 0.3 is 0 Å². The van der Waals surface area contributed by atoms with Crippen LogP contribution in [0.25, 0.3) is 0 Å². The molecule has 128 valence electrons. The molecule has 0 bridgehead atoms. The summed E-state index contributed by atoms with van der Waals surface area (Å²) in [5.74, 6) is 1.54. The van der Waals surface area contributed by atoms with Crippen LogP contribution >= 0.6 is 11.8 Å². The fraction of sp³-hybridized carbons (Fsp3) is 0.316. The third kappa shape index (κ3) is 5.58. The van der Waals surface area contributed by atoms with Crippen LogP contribution in [0.3, 0.4) is 0 Å². The minimum absolute atomic E-state index is 0.0235. The summed E-state index contributed by atoms with van der Waals surface area (Å²) in [6, 6.07) is 17.8. The van der Waals surface area contributed by atoms with Crippen LogP contribution in [0.1, 0.15) is 18.1 Å². The van der Waals surface area contributed by atoms with Crippen LogP contribution < -0.4 is 10.1 Å². The maximum atomic E-state index is 12.0. The summed E-state index contributed by atoms with van der Waals surface area (Å²) in [7, 11) is 3.26. The maximum Gasteiger partial charge on any atom is 0.220 e. The largest absolute Gasteiger partial charge is 0.496 e. The smallest absolute Gasteiger partial charge is 0.220 e. The van der Waals surface area contributed by atoms with Gasteiger partial charge in [-0.1, -0.05) is 36.4 Å². The van der Waals surface area contributed by atoms with E-state index < -0.39 is 0 Å². The monoisotopic (exact) mass is 345 g/mol. The van der Waals surface area contributed by atoms with Crippen molar-refractivity contribution >= 4 is 17.7 Å². The number of ether oxygens (including phenoxy) is 2. The Balaban J connectivity index is 1.79. The third-order valence-electron chi connectivity index (χ3n) is 3.60. The van der Waals surface area contributed by atoms with Crippen molar-refractivity contribution in [1.29, 1.82) is 0 Å². The van der Waals surface area contributed by atoms with Gasteiger partial charge in [0.2, 0.25) is 5.91 Å². The topological polar surface area (TPSA) is 47.6 Å². The summed E-state index contributed by atoms with van der Waals surface area (Å²) >= 11 is 1.68. The quantitative estimate of drug-likeness (QED) is 0.704. The van der Waals surface area contributed by atoms with E-state index in [0.29, 0.717) is 13.0 Å². The van der Waals surface area contributed by atoms with Crippen LogP contribution in [0.4, 0.5) is 0 Å². The molecule has 0 heterocycles. The minimum Gasteiger partial charge on any atom is -0.496 e. The lowest BCUT2D eigenvalue weighted by Gasteiger charge is -2.19. The summed E-state index contributed by atoms with van der Waals surface area (Å²) in [5, 5.41) is 2.94. The molecule has 24 heavy (non-hydrogen) atoms. The van der Waals surface area contributed by atoms with Crippen molar-refractivity contribution in [2.75, 3.05) is 26.5 Å². The van der Waals surface area contributed by atoms with Gasteiger partial charge in [-0.2, -0.15) is 0 Å².